The van der Waals surface area contributed by atoms with E-state index in [0.717, 1.165) is 48.3 Å². The summed E-state index contributed by atoms with van der Waals surface area (Å²) in [6.07, 6.45) is 14.2. The summed E-state index contributed by atoms with van der Waals surface area (Å²) in [6, 6.07) is 0.488. The minimum absolute atomic E-state index is 0.353. The topological polar surface area (TPSA) is 20.3 Å². The zero-order chi connectivity index (χ0) is 23.0. The molecule has 2 heteroatoms. The fourth-order valence-corrected chi connectivity index (χ4v) is 9.00. The molecule has 8 atom stereocenters. The van der Waals surface area contributed by atoms with Crippen LogP contribution >= 0.6 is 0 Å². The number of hydrogen-bond donors (Lipinski definition) is 0. The zero-order valence-corrected chi connectivity index (χ0v) is 22.2. The van der Waals surface area contributed by atoms with Crippen LogP contribution in [0.1, 0.15) is 119 Å². The third-order valence-electron chi connectivity index (χ3n) is 11.0. The number of piperidine rings is 1. The van der Waals surface area contributed by atoms with Gasteiger partial charge in [-0.3, -0.25) is 4.79 Å². The molecule has 0 aromatic carbocycles. The third kappa shape index (κ3) is 4.74. The van der Waals surface area contributed by atoms with Gasteiger partial charge in [0.25, 0.3) is 0 Å². The molecule has 1 aliphatic heterocycles. The molecule has 3 rings (SSSR count). The van der Waals surface area contributed by atoms with Crippen LogP contribution in [0.2, 0.25) is 0 Å². The minimum Gasteiger partial charge on any atom is -0.342 e. The third-order valence-corrected chi connectivity index (χ3v) is 11.0. The summed E-state index contributed by atoms with van der Waals surface area (Å²) in [5.74, 6) is 5.50. The van der Waals surface area contributed by atoms with E-state index in [9.17, 15) is 4.79 Å². The van der Waals surface area contributed by atoms with Crippen molar-refractivity contribution in [2.75, 3.05) is 7.05 Å². The molecule has 2 nitrogen and oxygen atoms in total. The molecule has 1 heterocycles. The average Bonchev–Trinajstić information content (AvgIpc) is 2.71. The van der Waals surface area contributed by atoms with E-state index in [1.165, 1.54) is 57.8 Å². The van der Waals surface area contributed by atoms with Crippen LogP contribution in [0.4, 0.5) is 0 Å². The lowest BCUT2D eigenvalue weighted by molar-refractivity contribution is -0.154. The molecular formula is C29H53NO. The maximum Gasteiger partial charge on any atom is 0.222 e. The molecule has 1 saturated heterocycles. The minimum atomic E-state index is 0.353. The molecule has 8 unspecified atom stereocenters. The number of rotatable bonds is 8. The molecule has 0 N–H and O–H groups in total. The molecule has 180 valence electrons. The Hall–Kier alpha value is -0.530. The number of hydrogen-bond acceptors (Lipinski definition) is 1. The number of amides is 1. The zero-order valence-electron chi connectivity index (χ0n) is 22.2. The summed E-state index contributed by atoms with van der Waals surface area (Å²) in [5, 5.41) is 0. The van der Waals surface area contributed by atoms with Crippen molar-refractivity contribution in [1.29, 1.82) is 0 Å². The van der Waals surface area contributed by atoms with Crippen LogP contribution in [0, 0.1) is 46.3 Å². The highest BCUT2D eigenvalue weighted by molar-refractivity contribution is 5.77. The number of carbonyl (C=O) groups excluding carboxylic acids is 1. The van der Waals surface area contributed by atoms with E-state index in [-0.39, 0.29) is 0 Å². The van der Waals surface area contributed by atoms with Gasteiger partial charge in [0.15, 0.2) is 0 Å². The van der Waals surface area contributed by atoms with E-state index in [1.807, 2.05) is 0 Å². The summed E-state index contributed by atoms with van der Waals surface area (Å²) in [4.78, 5) is 14.5. The maximum atomic E-state index is 12.4. The smallest absolute Gasteiger partial charge is 0.222 e. The number of fused-ring (bicyclic) bond motifs is 3. The predicted molar refractivity (Wildman–Crippen MR) is 133 cm³/mol. The van der Waals surface area contributed by atoms with E-state index in [1.54, 1.807) is 0 Å². The molecular weight excluding hydrogens is 378 g/mol. The van der Waals surface area contributed by atoms with Gasteiger partial charge in [-0.25, -0.2) is 0 Å². The molecule has 3 aliphatic rings. The van der Waals surface area contributed by atoms with Crippen LogP contribution in [-0.2, 0) is 4.79 Å². The van der Waals surface area contributed by atoms with Crippen molar-refractivity contribution < 1.29 is 4.79 Å². The van der Waals surface area contributed by atoms with Crippen LogP contribution in [0.15, 0.2) is 0 Å². The lowest BCUT2D eigenvalue weighted by Gasteiger charge is -2.61. The normalized spacial score (nSPS) is 39.1. The second-order valence-electron chi connectivity index (χ2n) is 12.8. The van der Waals surface area contributed by atoms with Crippen molar-refractivity contribution in [2.24, 2.45) is 46.3 Å². The monoisotopic (exact) mass is 431 g/mol. The molecule has 0 radical (unpaired) electrons. The van der Waals surface area contributed by atoms with Crippen LogP contribution in [0.25, 0.3) is 0 Å². The number of likely N-dealkylation sites (tertiary alicyclic amines) is 1. The van der Waals surface area contributed by atoms with Crippen molar-refractivity contribution in [3.8, 4) is 0 Å². The van der Waals surface area contributed by atoms with Crippen molar-refractivity contribution in [2.45, 2.75) is 125 Å². The van der Waals surface area contributed by atoms with Gasteiger partial charge in [0, 0.05) is 19.5 Å². The summed E-state index contributed by atoms with van der Waals surface area (Å²) in [7, 11) is 2.08. The van der Waals surface area contributed by atoms with Gasteiger partial charge >= 0.3 is 0 Å². The van der Waals surface area contributed by atoms with E-state index in [0.29, 0.717) is 22.8 Å². The lowest BCUT2D eigenvalue weighted by atomic mass is 9.48. The Morgan fingerprint density at radius 2 is 1.71 bits per heavy atom. The lowest BCUT2D eigenvalue weighted by Crippen LogP contribution is -2.60. The van der Waals surface area contributed by atoms with E-state index in [2.05, 4.69) is 60.4 Å². The van der Waals surface area contributed by atoms with E-state index < -0.39 is 0 Å². The highest BCUT2D eigenvalue weighted by Gasteiger charge is 2.56. The molecule has 3 fully saturated rings. The van der Waals surface area contributed by atoms with Gasteiger partial charge in [0.1, 0.15) is 0 Å². The first-order valence-corrected chi connectivity index (χ1v) is 13.8. The molecule has 0 spiro atoms. The van der Waals surface area contributed by atoms with Gasteiger partial charge in [0.2, 0.25) is 5.91 Å². The molecule has 0 aromatic heterocycles. The number of carbonyl (C=O) groups is 1. The second kappa shape index (κ2) is 9.76. The Morgan fingerprint density at radius 1 is 1.00 bits per heavy atom. The summed E-state index contributed by atoms with van der Waals surface area (Å²) < 4.78 is 0. The summed E-state index contributed by atoms with van der Waals surface area (Å²) in [5.41, 5.74) is 0.861. The van der Waals surface area contributed by atoms with Crippen LogP contribution in [0.3, 0.4) is 0 Å². The Morgan fingerprint density at radius 3 is 2.32 bits per heavy atom. The predicted octanol–water partition coefficient (Wildman–Crippen LogP) is 7.95. The van der Waals surface area contributed by atoms with Crippen molar-refractivity contribution in [3.05, 3.63) is 0 Å². The van der Waals surface area contributed by atoms with E-state index in [4.69, 9.17) is 0 Å². The van der Waals surface area contributed by atoms with Crippen molar-refractivity contribution >= 4 is 5.91 Å². The summed E-state index contributed by atoms with van der Waals surface area (Å²) in [6.45, 7) is 17.4. The van der Waals surface area contributed by atoms with Gasteiger partial charge in [-0.1, -0.05) is 67.7 Å². The molecule has 2 aliphatic carbocycles. The number of nitrogens with zero attached hydrogens (tertiary/aromatic N) is 1. The molecule has 0 aromatic rings. The fraction of sp³-hybridized carbons (Fsp3) is 0.966. The average molecular weight is 432 g/mol. The molecule has 0 bridgehead atoms. The molecule has 2 saturated carbocycles. The van der Waals surface area contributed by atoms with Gasteiger partial charge in [0.05, 0.1) is 0 Å². The van der Waals surface area contributed by atoms with E-state index >= 15 is 0 Å². The van der Waals surface area contributed by atoms with Crippen LogP contribution in [-0.4, -0.2) is 23.9 Å². The second-order valence-corrected chi connectivity index (χ2v) is 12.8. The first-order valence-electron chi connectivity index (χ1n) is 13.8. The largest absolute Gasteiger partial charge is 0.342 e. The maximum absolute atomic E-state index is 12.4. The Kier molecular flexibility index (Phi) is 7.90. The highest BCUT2D eigenvalue weighted by atomic mass is 16.2. The fourth-order valence-electron chi connectivity index (χ4n) is 9.00. The SMILES string of the molecule is CCC(CCC(C)C(CC)C1(C)CCC2C(CCC3N(C)C(=O)CCC23C)C1)C(C)C. The Bertz CT molecular complexity index is 614. The van der Waals surface area contributed by atoms with Gasteiger partial charge < -0.3 is 4.90 Å². The van der Waals surface area contributed by atoms with Gasteiger partial charge in [-0.2, -0.15) is 0 Å². The first kappa shape index (κ1) is 25.1. The van der Waals surface area contributed by atoms with Gasteiger partial charge in [-0.15, -0.1) is 0 Å². The van der Waals surface area contributed by atoms with Crippen molar-refractivity contribution in [3.63, 3.8) is 0 Å². The van der Waals surface area contributed by atoms with Crippen LogP contribution < -0.4 is 0 Å². The first-order chi connectivity index (χ1) is 14.6. The highest BCUT2D eigenvalue weighted by Crippen LogP contribution is 2.61. The van der Waals surface area contributed by atoms with Gasteiger partial charge in [-0.05, 0) is 91.3 Å². The Labute approximate surface area is 194 Å². The molecule has 31 heavy (non-hydrogen) atoms. The quantitative estimate of drug-likeness (QED) is 0.382. The van der Waals surface area contributed by atoms with Crippen LogP contribution in [0.5, 0.6) is 0 Å². The van der Waals surface area contributed by atoms with Crippen molar-refractivity contribution in [1.82, 2.24) is 4.90 Å². The standard InChI is InChI=1S/C29H53NO/c1-9-22(20(3)4)12-11-21(5)24(10-2)28(6)17-15-25-23(19-28)13-14-26-29(25,7)18-16-27(31)30(26)8/h20-26H,9-19H2,1-8H3. The Balaban J connectivity index is 1.68. The summed E-state index contributed by atoms with van der Waals surface area (Å²) >= 11 is 0. The molecule has 1 amide bonds.